The standard InChI is InChI=1S/C18H15FN2O3/c1-23-17-9-12(7-14(10-20)18(21)22)5-6-16(17)24-11-13-3-2-4-15(19)8-13/h2-9H,11H2,1H3,(H2,21,22)/b14-7+. The number of ether oxygens (including phenoxy) is 2. The monoisotopic (exact) mass is 326 g/mol. The molecule has 122 valence electrons. The number of benzene rings is 2. The highest BCUT2D eigenvalue weighted by Crippen LogP contribution is 2.29. The molecule has 2 aromatic rings. The first kappa shape index (κ1) is 17.0. The molecule has 2 N–H and O–H groups in total. The van der Waals surface area contributed by atoms with E-state index in [0.29, 0.717) is 22.6 Å². The van der Waals surface area contributed by atoms with Crippen molar-refractivity contribution in [2.24, 2.45) is 5.73 Å². The molecule has 0 heterocycles. The molecule has 0 atom stereocenters. The molecule has 24 heavy (non-hydrogen) atoms. The van der Waals surface area contributed by atoms with E-state index in [0.717, 1.165) is 0 Å². The van der Waals surface area contributed by atoms with E-state index in [1.807, 2.05) is 0 Å². The summed E-state index contributed by atoms with van der Waals surface area (Å²) in [6, 6.07) is 12.7. The number of amides is 1. The smallest absolute Gasteiger partial charge is 0.259 e. The molecule has 6 heteroatoms. The van der Waals surface area contributed by atoms with E-state index >= 15 is 0 Å². The van der Waals surface area contributed by atoms with Crippen LogP contribution in [-0.2, 0) is 11.4 Å². The van der Waals surface area contributed by atoms with Crippen LogP contribution in [-0.4, -0.2) is 13.0 Å². The van der Waals surface area contributed by atoms with Gasteiger partial charge in [-0.1, -0.05) is 18.2 Å². The Bertz CT molecular complexity index is 825. The van der Waals surface area contributed by atoms with Crippen LogP contribution >= 0.6 is 0 Å². The van der Waals surface area contributed by atoms with Gasteiger partial charge in [0.05, 0.1) is 7.11 Å². The van der Waals surface area contributed by atoms with Gasteiger partial charge >= 0.3 is 0 Å². The Morgan fingerprint density at radius 3 is 2.71 bits per heavy atom. The highest BCUT2D eigenvalue weighted by Gasteiger charge is 2.08. The Hall–Kier alpha value is -3.33. The van der Waals surface area contributed by atoms with Gasteiger partial charge in [0.25, 0.3) is 5.91 Å². The molecule has 0 aliphatic carbocycles. The number of rotatable bonds is 6. The van der Waals surface area contributed by atoms with Crippen LogP contribution < -0.4 is 15.2 Å². The molecule has 0 aliphatic rings. The minimum absolute atomic E-state index is 0.162. The van der Waals surface area contributed by atoms with Gasteiger partial charge in [-0.2, -0.15) is 5.26 Å². The maximum absolute atomic E-state index is 13.2. The maximum Gasteiger partial charge on any atom is 0.259 e. The number of carbonyl (C=O) groups is 1. The highest BCUT2D eigenvalue weighted by atomic mass is 19.1. The van der Waals surface area contributed by atoms with Crippen LogP contribution in [0.3, 0.4) is 0 Å². The first-order valence-electron chi connectivity index (χ1n) is 7.00. The Balaban J connectivity index is 2.20. The van der Waals surface area contributed by atoms with E-state index in [2.05, 4.69) is 0 Å². The van der Waals surface area contributed by atoms with Crippen LogP contribution in [0.5, 0.6) is 11.5 Å². The molecule has 0 fully saturated rings. The van der Waals surface area contributed by atoms with Gasteiger partial charge in [-0.25, -0.2) is 4.39 Å². The fourth-order valence-corrected chi connectivity index (χ4v) is 2.01. The minimum Gasteiger partial charge on any atom is -0.493 e. The van der Waals surface area contributed by atoms with Gasteiger partial charge in [0.1, 0.15) is 24.1 Å². The van der Waals surface area contributed by atoms with Crippen molar-refractivity contribution in [1.82, 2.24) is 0 Å². The van der Waals surface area contributed by atoms with Crippen molar-refractivity contribution in [3.8, 4) is 17.6 Å². The zero-order valence-electron chi connectivity index (χ0n) is 13.0. The molecule has 0 aliphatic heterocycles. The molecule has 1 amide bonds. The number of primary amides is 1. The molecule has 5 nitrogen and oxygen atoms in total. The summed E-state index contributed by atoms with van der Waals surface area (Å²) in [6.45, 7) is 0.175. The average Bonchev–Trinajstić information content (AvgIpc) is 2.58. The van der Waals surface area contributed by atoms with Crippen LogP contribution in [0.2, 0.25) is 0 Å². The fourth-order valence-electron chi connectivity index (χ4n) is 2.01. The number of nitrogens with two attached hydrogens (primary N) is 1. The normalized spacial score (nSPS) is 10.8. The van der Waals surface area contributed by atoms with Crippen molar-refractivity contribution in [2.75, 3.05) is 7.11 Å². The number of nitrogens with zero attached hydrogens (tertiary/aromatic N) is 1. The van der Waals surface area contributed by atoms with Gasteiger partial charge in [-0.3, -0.25) is 4.79 Å². The number of methoxy groups -OCH3 is 1. The Labute approximate surface area is 138 Å². The van der Waals surface area contributed by atoms with E-state index in [1.54, 1.807) is 36.4 Å². The van der Waals surface area contributed by atoms with Crippen LogP contribution in [0, 0.1) is 17.1 Å². The molecular formula is C18H15FN2O3. The van der Waals surface area contributed by atoms with Gasteiger partial charge < -0.3 is 15.2 Å². The topological polar surface area (TPSA) is 85.3 Å². The van der Waals surface area contributed by atoms with Gasteiger partial charge in [0.2, 0.25) is 0 Å². The Kier molecular flexibility index (Phi) is 5.53. The second-order valence-corrected chi connectivity index (χ2v) is 4.86. The van der Waals surface area contributed by atoms with Crippen molar-refractivity contribution in [3.05, 3.63) is 65.0 Å². The zero-order chi connectivity index (χ0) is 17.5. The first-order chi connectivity index (χ1) is 11.5. The fraction of sp³-hybridized carbons (Fsp3) is 0.111. The van der Waals surface area contributed by atoms with Crippen LogP contribution in [0.15, 0.2) is 48.0 Å². The molecule has 2 aromatic carbocycles. The molecule has 0 saturated heterocycles. The van der Waals surface area contributed by atoms with Crippen LogP contribution in [0.1, 0.15) is 11.1 Å². The summed E-state index contributed by atoms with van der Waals surface area (Å²) >= 11 is 0. The van der Waals surface area contributed by atoms with Crippen molar-refractivity contribution in [1.29, 1.82) is 5.26 Å². The van der Waals surface area contributed by atoms with E-state index in [-0.39, 0.29) is 18.0 Å². The predicted octanol–water partition coefficient (Wildman–Crippen LogP) is 2.81. The molecule has 0 aromatic heterocycles. The van der Waals surface area contributed by atoms with Gasteiger partial charge in [-0.15, -0.1) is 0 Å². The quantitative estimate of drug-likeness (QED) is 0.653. The lowest BCUT2D eigenvalue weighted by molar-refractivity contribution is -0.114. The lowest BCUT2D eigenvalue weighted by atomic mass is 10.1. The summed E-state index contributed by atoms with van der Waals surface area (Å²) in [5.41, 5.74) is 6.19. The summed E-state index contributed by atoms with van der Waals surface area (Å²) in [7, 11) is 1.47. The number of nitriles is 1. The summed E-state index contributed by atoms with van der Waals surface area (Å²) in [5.74, 6) is -0.264. The average molecular weight is 326 g/mol. The third kappa shape index (κ3) is 4.34. The van der Waals surface area contributed by atoms with E-state index in [4.69, 9.17) is 20.5 Å². The lowest BCUT2D eigenvalue weighted by Gasteiger charge is -2.11. The summed E-state index contributed by atoms with van der Waals surface area (Å²) < 4.78 is 24.0. The van der Waals surface area contributed by atoms with Crippen molar-refractivity contribution in [2.45, 2.75) is 6.61 Å². The number of carbonyl (C=O) groups excluding carboxylic acids is 1. The van der Waals surface area contributed by atoms with E-state index in [9.17, 15) is 9.18 Å². The molecule has 0 bridgehead atoms. The number of hydrogen-bond acceptors (Lipinski definition) is 4. The Morgan fingerprint density at radius 2 is 2.08 bits per heavy atom. The van der Waals surface area contributed by atoms with Gasteiger partial charge in [-0.05, 0) is 41.5 Å². The largest absolute Gasteiger partial charge is 0.493 e. The van der Waals surface area contributed by atoms with Crippen molar-refractivity contribution in [3.63, 3.8) is 0 Å². The van der Waals surface area contributed by atoms with E-state index in [1.165, 1.54) is 25.3 Å². The molecule has 0 unspecified atom stereocenters. The third-order valence-corrected chi connectivity index (χ3v) is 3.17. The molecule has 0 spiro atoms. The summed E-state index contributed by atoms with van der Waals surface area (Å²) in [5, 5.41) is 8.87. The van der Waals surface area contributed by atoms with Gasteiger partial charge in [0, 0.05) is 0 Å². The molecular weight excluding hydrogens is 311 g/mol. The lowest BCUT2D eigenvalue weighted by Crippen LogP contribution is -2.12. The second kappa shape index (κ2) is 7.79. The van der Waals surface area contributed by atoms with Gasteiger partial charge in [0.15, 0.2) is 11.5 Å². The highest BCUT2D eigenvalue weighted by molar-refractivity contribution is 6.00. The molecule has 2 rings (SSSR count). The number of halogens is 1. The maximum atomic E-state index is 13.2. The van der Waals surface area contributed by atoms with Crippen LogP contribution in [0.25, 0.3) is 6.08 Å². The predicted molar refractivity (Wildman–Crippen MR) is 86.5 cm³/mol. The Morgan fingerprint density at radius 1 is 1.29 bits per heavy atom. The minimum atomic E-state index is -0.803. The van der Waals surface area contributed by atoms with Crippen molar-refractivity contribution < 1.29 is 18.7 Å². The van der Waals surface area contributed by atoms with Crippen LogP contribution in [0.4, 0.5) is 4.39 Å². The van der Waals surface area contributed by atoms with E-state index < -0.39 is 5.91 Å². The summed E-state index contributed by atoms with van der Waals surface area (Å²) in [4.78, 5) is 11.1. The summed E-state index contributed by atoms with van der Waals surface area (Å²) in [6.07, 6.45) is 1.36. The second-order valence-electron chi connectivity index (χ2n) is 4.86. The molecule has 0 radical (unpaired) electrons. The van der Waals surface area contributed by atoms with Crippen molar-refractivity contribution >= 4 is 12.0 Å². The number of hydrogen-bond donors (Lipinski definition) is 1. The third-order valence-electron chi connectivity index (χ3n) is 3.17. The molecule has 0 saturated carbocycles. The first-order valence-corrected chi connectivity index (χ1v) is 7.00. The SMILES string of the molecule is COc1cc(/C=C(\C#N)C(N)=O)ccc1OCc1cccc(F)c1. The zero-order valence-corrected chi connectivity index (χ0v) is 13.0.